The Bertz CT molecular complexity index is 514. The summed E-state index contributed by atoms with van der Waals surface area (Å²) >= 11 is 0. The van der Waals surface area contributed by atoms with Crippen molar-refractivity contribution in [2.75, 3.05) is 18.4 Å². The number of hydrogen-bond donors (Lipinski definition) is 3. The van der Waals surface area contributed by atoms with Gasteiger partial charge in [-0.05, 0) is 42.8 Å². The maximum absolute atomic E-state index is 12.8. The normalized spacial score (nSPS) is 19.1. The summed E-state index contributed by atoms with van der Waals surface area (Å²) in [6.45, 7) is 2.02. The van der Waals surface area contributed by atoms with Crippen molar-refractivity contribution in [2.45, 2.75) is 12.5 Å². The molecule has 1 fully saturated rings. The Morgan fingerprint density at radius 2 is 2.11 bits per heavy atom. The lowest BCUT2D eigenvalue weighted by atomic mass is 10.1. The van der Waals surface area contributed by atoms with Crippen LogP contribution < -0.4 is 10.6 Å². The van der Waals surface area contributed by atoms with E-state index in [0.29, 0.717) is 6.04 Å². The SMILES string of the molecule is Fc1ccc(-c2cc(NC3CCNC3)n[nH]2)cc1. The Balaban J connectivity index is 1.74. The van der Waals surface area contributed by atoms with Crippen molar-refractivity contribution >= 4 is 5.82 Å². The van der Waals surface area contributed by atoms with Gasteiger partial charge in [-0.3, -0.25) is 5.10 Å². The molecule has 0 saturated carbocycles. The monoisotopic (exact) mass is 246 g/mol. The van der Waals surface area contributed by atoms with E-state index in [0.717, 1.165) is 36.6 Å². The van der Waals surface area contributed by atoms with Crippen molar-refractivity contribution in [1.29, 1.82) is 0 Å². The molecule has 0 spiro atoms. The number of rotatable bonds is 3. The summed E-state index contributed by atoms with van der Waals surface area (Å²) in [5.74, 6) is 0.608. The van der Waals surface area contributed by atoms with Crippen LogP contribution in [0.25, 0.3) is 11.3 Å². The van der Waals surface area contributed by atoms with Gasteiger partial charge >= 0.3 is 0 Å². The van der Waals surface area contributed by atoms with E-state index in [1.54, 1.807) is 12.1 Å². The van der Waals surface area contributed by atoms with Crippen LogP contribution in [0.1, 0.15) is 6.42 Å². The van der Waals surface area contributed by atoms with Crippen LogP contribution in [0.2, 0.25) is 0 Å². The molecule has 94 valence electrons. The van der Waals surface area contributed by atoms with E-state index < -0.39 is 0 Å². The standard InChI is InChI=1S/C13H15FN4/c14-10-3-1-9(2-4-10)12-7-13(18-17-12)16-11-5-6-15-8-11/h1-4,7,11,15H,5-6,8H2,(H2,16,17,18). The van der Waals surface area contributed by atoms with Gasteiger partial charge in [0.2, 0.25) is 0 Å². The van der Waals surface area contributed by atoms with Crippen molar-refractivity contribution in [1.82, 2.24) is 15.5 Å². The second kappa shape index (κ2) is 4.78. The molecule has 3 N–H and O–H groups in total. The van der Waals surface area contributed by atoms with Gasteiger partial charge < -0.3 is 10.6 Å². The first-order valence-electron chi connectivity index (χ1n) is 6.10. The molecule has 0 amide bonds. The molecule has 5 heteroatoms. The molecule has 1 aliphatic rings. The smallest absolute Gasteiger partial charge is 0.148 e. The summed E-state index contributed by atoms with van der Waals surface area (Å²) in [4.78, 5) is 0. The van der Waals surface area contributed by atoms with E-state index in [1.807, 2.05) is 6.07 Å². The highest BCUT2D eigenvalue weighted by atomic mass is 19.1. The van der Waals surface area contributed by atoms with Gasteiger partial charge in [-0.15, -0.1) is 0 Å². The average Bonchev–Trinajstić information content (AvgIpc) is 3.02. The van der Waals surface area contributed by atoms with Crippen LogP contribution in [0.4, 0.5) is 10.2 Å². The van der Waals surface area contributed by atoms with Gasteiger partial charge in [0.25, 0.3) is 0 Å². The third-order valence-electron chi connectivity index (χ3n) is 3.15. The molecule has 0 aliphatic carbocycles. The van der Waals surface area contributed by atoms with Crippen LogP contribution in [0, 0.1) is 5.82 Å². The molecule has 1 aromatic heterocycles. The summed E-state index contributed by atoms with van der Waals surface area (Å²) in [5.41, 5.74) is 1.82. The first-order chi connectivity index (χ1) is 8.81. The number of benzene rings is 1. The van der Waals surface area contributed by atoms with Gasteiger partial charge in [-0.2, -0.15) is 5.10 Å². The summed E-state index contributed by atoms with van der Waals surface area (Å²) in [5, 5.41) is 13.8. The molecule has 2 heterocycles. The van der Waals surface area contributed by atoms with E-state index in [9.17, 15) is 4.39 Å². The molecule has 1 saturated heterocycles. The first kappa shape index (κ1) is 11.2. The number of aromatic amines is 1. The summed E-state index contributed by atoms with van der Waals surface area (Å²) < 4.78 is 12.8. The van der Waals surface area contributed by atoms with Crippen molar-refractivity contribution in [3.8, 4) is 11.3 Å². The lowest BCUT2D eigenvalue weighted by Crippen LogP contribution is -2.22. The van der Waals surface area contributed by atoms with E-state index in [-0.39, 0.29) is 5.82 Å². The van der Waals surface area contributed by atoms with Gasteiger partial charge in [0.05, 0.1) is 5.69 Å². The highest BCUT2D eigenvalue weighted by molar-refractivity contribution is 5.62. The Hall–Kier alpha value is -1.88. The zero-order chi connectivity index (χ0) is 12.4. The lowest BCUT2D eigenvalue weighted by Gasteiger charge is -2.08. The molecular formula is C13H15FN4. The van der Waals surface area contributed by atoms with Crippen molar-refractivity contribution in [2.24, 2.45) is 0 Å². The molecule has 2 aromatic rings. The Labute approximate surface area is 105 Å². The first-order valence-corrected chi connectivity index (χ1v) is 6.10. The number of nitrogens with zero attached hydrogens (tertiary/aromatic N) is 1. The molecular weight excluding hydrogens is 231 g/mol. The second-order valence-electron chi connectivity index (χ2n) is 4.51. The van der Waals surface area contributed by atoms with Crippen molar-refractivity contribution in [3.63, 3.8) is 0 Å². The average molecular weight is 246 g/mol. The largest absolute Gasteiger partial charge is 0.365 e. The molecule has 3 rings (SSSR count). The third-order valence-corrected chi connectivity index (χ3v) is 3.15. The number of anilines is 1. The fraction of sp³-hybridized carbons (Fsp3) is 0.308. The Morgan fingerprint density at radius 3 is 2.83 bits per heavy atom. The van der Waals surface area contributed by atoms with Gasteiger partial charge in [0.15, 0.2) is 0 Å². The van der Waals surface area contributed by atoms with Gasteiger partial charge in [0, 0.05) is 18.7 Å². The number of halogens is 1. The van der Waals surface area contributed by atoms with Crippen molar-refractivity contribution < 1.29 is 4.39 Å². The maximum Gasteiger partial charge on any atom is 0.148 e. The topological polar surface area (TPSA) is 52.7 Å². The van der Waals surface area contributed by atoms with Crippen LogP contribution in [-0.2, 0) is 0 Å². The van der Waals surface area contributed by atoms with Crippen molar-refractivity contribution in [3.05, 3.63) is 36.1 Å². The minimum Gasteiger partial charge on any atom is -0.365 e. The van der Waals surface area contributed by atoms with Gasteiger partial charge in [-0.25, -0.2) is 4.39 Å². The molecule has 18 heavy (non-hydrogen) atoms. The third kappa shape index (κ3) is 2.36. The molecule has 1 unspecified atom stereocenters. The quantitative estimate of drug-likeness (QED) is 0.776. The number of hydrogen-bond acceptors (Lipinski definition) is 3. The molecule has 1 atom stereocenters. The Kier molecular flexibility index (Phi) is 2.98. The zero-order valence-corrected chi connectivity index (χ0v) is 9.91. The predicted molar refractivity (Wildman–Crippen MR) is 68.9 cm³/mol. The minimum absolute atomic E-state index is 0.228. The fourth-order valence-corrected chi connectivity index (χ4v) is 2.16. The van der Waals surface area contributed by atoms with Gasteiger partial charge in [-0.1, -0.05) is 0 Å². The summed E-state index contributed by atoms with van der Waals surface area (Å²) in [7, 11) is 0. The van der Waals surface area contributed by atoms with E-state index in [4.69, 9.17) is 0 Å². The van der Waals surface area contributed by atoms with Crippen LogP contribution in [0.3, 0.4) is 0 Å². The maximum atomic E-state index is 12.8. The van der Waals surface area contributed by atoms with Crippen LogP contribution in [-0.4, -0.2) is 29.3 Å². The Morgan fingerprint density at radius 1 is 1.28 bits per heavy atom. The molecule has 1 aromatic carbocycles. The molecule has 1 aliphatic heterocycles. The van der Waals surface area contributed by atoms with Gasteiger partial charge in [0.1, 0.15) is 11.6 Å². The highest BCUT2D eigenvalue weighted by Crippen LogP contribution is 2.20. The molecule has 0 bridgehead atoms. The second-order valence-corrected chi connectivity index (χ2v) is 4.51. The molecule has 4 nitrogen and oxygen atoms in total. The summed E-state index contributed by atoms with van der Waals surface area (Å²) in [6, 6.07) is 8.77. The van der Waals surface area contributed by atoms with E-state index in [1.165, 1.54) is 12.1 Å². The number of aromatic nitrogens is 2. The lowest BCUT2D eigenvalue weighted by molar-refractivity contribution is 0.628. The van der Waals surface area contributed by atoms with E-state index in [2.05, 4.69) is 20.8 Å². The van der Waals surface area contributed by atoms with E-state index >= 15 is 0 Å². The number of nitrogens with one attached hydrogen (secondary N) is 3. The van der Waals surface area contributed by atoms with Crippen LogP contribution in [0.15, 0.2) is 30.3 Å². The predicted octanol–water partition coefficient (Wildman–Crippen LogP) is 1.99. The highest BCUT2D eigenvalue weighted by Gasteiger charge is 2.15. The number of H-pyrrole nitrogens is 1. The van der Waals surface area contributed by atoms with Crippen LogP contribution in [0.5, 0.6) is 0 Å². The van der Waals surface area contributed by atoms with Crippen LogP contribution >= 0.6 is 0 Å². The zero-order valence-electron chi connectivity index (χ0n) is 9.91. The minimum atomic E-state index is -0.228. The fourth-order valence-electron chi connectivity index (χ4n) is 2.16. The summed E-state index contributed by atoms with van der Waals surface area (Å²) in [6.07, 6.45) is 1.11. The molecule has 0 radical (unpaired) electrons.